The number of nitrogens with zero attached hydrogens (tertiary/aromatic N) is 1. The fourth-order valence-corrected chi connectivity index (χ4v) is 1.89. The minimum absolute atomic E-state index is 0.125. The highest BCUT2D eigenvalue weighted by molar-refractivity contribution is 6.69. The second kappa shape index (κ2) is 6.70. The molecule has 0 saturated heterocycles. The number of rotatable bonds is 3. The lowest BCUT2D eigenvalue weighted by atomic mass is 10.1. The Morgan fingerprint density at radius 3 is 2.00 bits per heavy atom. The first-order valence-corrected chi connectivity index (χ1v) is 6.65. The Kier molecular flexibility index (Phi) is 4.90. The molecule has 23 heavy (non-hydrogen) atoms. The van der Waals surface area contributed by atoms with Crippen LogP contribution in [0.25, 0.3) is 0 Å². The molecule has 8 heteroatoms. The number of anilines is 1. The molecule has 0 fully saturated rings. The van der Waals surface area contributed by atoms with Gasteiger partial charge in [0.25, 0.3) is 5.91 Å². The van der Waals surface area contributed by atoms with E-state index in [-0.39, 0.29) is 16.4 Å². The minimum Gasteiger partial charge on any atom is -0.410 e. The summed E-state index contributed by atoms with van der Waals surface area (Å²) in [6.45, 7) is 0. The van der Waals surface area contributed by atoms with Gasteiger partial charge in [-0.15, -0.1) is 0 Å². The minimum atomic E-state index is -4.42. The van der Waals surface area contributed by atoms with Crippen molar-refractivity contribution in [3.63, 3.8) is 0 Å². The van der Waals surface area contributed by atoms with Crippen molar-refractivity contribution in [2.75, 3.05) is 5.32 Å². The van der Waals surface area contributed by atoms with Crippen LogP contribution in [0.3, 0.4) is 0 Å². The van der Waals surface area contributed by atoms with Gasteiger partial charge in [-0.25, -0.2) is 0 Å². The van der Waals surface area contributed by atoms with Crippen LogP contribution < -0.4 is 5.32 Å². The van der Waals surface area contributed by atoms with Crippen LogP contribution >= 0.6 is 11.6 Å². The molecule has 0 bridgehead atoms. The van der Waals surface area contributed by atoms with Crippen molar-refractivity contribution in [3.8, 4) is 0 Å². The zero-order chi connectivity index (χ0) is 17.0. The predicted molar refractivity (Wildman–Crippen MR) is 80.0 cm³/mol. The smallest absolute Gasteiger partial charge is 0.410 e. The predicted octanol–water partition coefficient (Wildman–Crippen LogP) is 4.33. The maximum atomic E-state index is 12.5. The Balaban J connectivity index is 2.10. The van der Waals surface area contributed by atoms with Gasteiger partial charge in [-0.2, -0.15) is 13.2 Å². The standard InChI is InChI=1S/C15H10ClF3N2O2/c16-13(21-23)9-1-3-10(4-2-9)14(22)20-12-7-5-11(6-8-12)15(17,18)19/h1-8,23H,(H,20,22)/b21-13-. The van der Waals surface area contributed by atoms with E-state index in [4.69, 9.17) is 16.8 Å². The van der Waals surface area contributed by atoms with Crippen molar-refractivity contribution in [1.29, 1.82) is 0 Å². The van der Waals surface area contributed by atoms with Crippen molar-refractivity contribution in [3.05, 3.63) is 65.2 Å². The molecular weight excluding hydrogens is 333 g/mol. The summed E-state index contributed by atoms with van der Waals surface area (Å²) in [5, 5.41) is 13.7. The third kappa shape index (κ3) is 4.23. The number of benzene rings is 2. The number of nitrogens with one attached hydrogen (secondary N) is 1. The molecule has 2 aromatic carbocycles. The van der Waals surface area contributed by atoms with E-state index < -0.39 is 17.6 Å². The molecule has 120 valence electrons. The Morgan fingerprint density at radius 2 is 1.52 bits per heavy atom. The largest absolute Gasteiger partial charge is 0.416 e. The van der Waals surface area contributed by atoms with Gasteiger partial charge in [-0.05, 0) is 36.4 Å². The Bertz CT molecular complexity index is 726. The van der Waals surface area contributed by atoms with Crippen LogP contribution in [0, 0.1) is 0 Å². The first-order chi connectivity index (χ1) is 10.8. The number of halogens is 4. The molecule has 0 aliphatic carbocycles. The lowest BCUT2D eigenvalue weighted by Crippen LogP contribution is -2.12. The number of oxime groups is 1. The van der Waals surface area contributed by atoms with E-state index in [0.29, 0.717) is 5.56 Å². The molecule has 0 aliphatic rings. The van der Waals surface area contributed by atoms with Crippen molar-refractivity contribution < 1.29 is 23.2 Å². The van der Waals surface area contributed by atoms with Crippen molar-refractivity contribution in [2.45, 2.75) is 6.18 Å². The summed E-state index contributed by atoms with van der Waals surface area (Å²) in [4.78, 5) is 12.0. The average molecular weight is 343 g/mol. The summed E-state index contributed by atoms with van der Waals surface area (Å²) in [5.74, 6) is -0.492. The fraction of sp³-hybridized carbons (Fsp3) is 0.0667. The topological polar surface area (TPSA) is 61.7 Å². The monoisotopic (exact) mass is 342 g/mol. The molecule has 2 aromatic rings. The molecule has 2 N–H and O–H groups in total. The molecule has 0 heterocycles. The van der Waals surface area contributed by atoms with Crippen LogP contribution in [0.1, 0.15) is 21.5 Å². The van der Waals surface area contributed by atoms with Gasteiger partial charge in [0.15, 0.2) is 5.17 Å². The van der Waals surface area contributed by atoms with Crippen molar-refractivity contribution in [1.82, 2.24) is 0 Å². The number of hydrogen-bond donors (Lipinski definition) is 2. The van der Waals surface area contributed by atoms with Crippen LogP contribution in [0.15, 0.2) is 53.7 Å². The fourth-order valence-electron chi connectivity index (χ4n) is 1.76. The quantitative estimate of drug-likeness (QED) is 0.495. The van der Waals surface area contributed by atoms with Crippen LogP contribution in [0.2, 0.25) is 0 Å². The van der Waals surface area contributed by atoms with Gasteiger partial charge < -0.3 is 10.5 Å². The van der Waals surface area contributed by atoms with E-state index in [1.807, 2.05) is 0 Å². The van der Waals surface area contributed by atoms with E-state index in [0.717, 1.165) is 12.1 Å². The lowest BCUT2D eigenvalue weighted by molar-refractivity contribution is -0.137. The first-order valence-electron chi connectivity index (χ1n) is 6.28. The van der Waals surface area contributed by atoms with Crippen LogP contribution in [-0.4, -0.2) is 16.3 Å². The molecule has 0 unspecified atom stereocenters. The third-order valence-corrected chi connectivity index (χ3v) is 3.24. The van der Waals surface area contributed by atoms with Crippen molar-refractivity contribution in [2.24, 2.45) is 5.16 Å². The molecule has 0 aliphatic heterocycles. The maximum absolute atomic E-state index is 12.5. The molecule has 0 spiro atoms. The summed E-state index contributed by atoms with van der Waals surface area (Å²) in [7, 11) is 0. The Morgan fingerprint density at radius 1 is 1.00 bits per heavy atom. The second-order valence-electron chi connectivity index (χ2n) is 4.50. The summed E-state index contributed by atoms with van der Waals surface area (Å²) in [6.07, 6.45) is -4.42. The highest BCUT2D eigenvalue weighted by Crippen LogP contribution is 2.29. The zero-order valence-corrected chi connectivity index (χ0v) is 12.2. The van der Waals surface area contributed by atoms with Gasteiger partial charge >= 0.3 is 6.18 Å². The highest BCUT2D eigenvalue weighted by Gasteiger charge is 2.29. The van der Waals surface area contributed by atoms with Crippen LogP contribution in [-0.2, 0) is 6.18 Å². The number of carbonyl (C=O) groups excluding carboxylic acids is 1. The summed E-state index contributed by atoms with van der Waals surface area (Å²) >= 11 is 5.61. The molecule has 1 amide bonds. The molecule has 0 atom stereocenters. The number of carbonyl (C=O) groups is 1. The maximum Gasteiger partial charge on any atom is 0.416 e. The van der Waals surface area contributed by atoms with E-state index in [1.54, 1.807) is 0 Å². The number of hydrogen-bond acceptors (Lipinski definition) is 3. The number of amides is 1. The summed E-state index contributed by atoms with van der Waals surface area (Å²) in [6, 6.07) is 9.96. The van der Waals surface area contributed by atoms with Crippen LogP contribution in [0.5, 0.6) is 0 Å². The highest BCUT2D eigenvalue weighted by atomic mass is 35.5. The zero-order valence-electron chi connectivity index (χ0n) is 11.4. The number of alkyl halides is 3. The summed E-state index contributed by atoms with van der Waals surface area (Å²) in [5.41, 5.74) is 0.135. The van der Waals surface area contributed by atoms with Gasteiger partial charge in [0.2, 0.25) is 0 Å². The molecule has 2 rings (SSSR count). The first kappa shape index (κ1) is 16.8. The molecule has 0 radical (unpaired) electrons. The third-order valence-electron chi connectivity index (χ3n) is 2.94. The Hall–Kier alpha value is -2.54. The van der Waals surface area contributed by atoms with E-state index in [1.165, 1.54) is 36.4 Å². The van der Waals surface area contributed by atoms with E-state index in [2.05, 4.69) is 10.5 Å². The molecular formula is C15H10ClF3N2O2. The van der Waals surface area contributed by atoms with Gasteiger partial charge in [-0.1, -0.05) is 28.9 Å². The van der Waals surface area contributed by atoms with Gasteiger partial charge in [-0.3, -0.25) is 4.79 Å². The molecule has 4 nitrogen and oxygen atoms in total. The van der Waals surface area contributed by atoms with Crippen molar-refractivity contribution >= 4 is 28.4 Å². The van der Waals surface area contributed by atoms with Gasteiger partial charge in [0.1, 0.15) is 0 Å². The van der Waals surface area contributed by atoms with E-state index in [9.17, 15) is 18.0 Å². The molecule has 0 aromatic heterocycles. The van der Waals surface area contributed by atoms with Gasteiger partial charge in [0, 0.05) is 16.8 Å². The average Bonchev–Trinajstić information content (AvgIpc) is 2.54. The van der Waals surface area contributed by atoms with Gasteiger partial charge in [0.05, 0.1) is 5.56 Å². The molecule has 0 saturated carbocycles. The normalized spacial score (nSPS) is 12.1. The van der Waals surface area contributed by atoms with Crippen LogP contribution in [0.4, 0.5) is 18.9 Å². The lowest BCUT2D eigenvalue weighted by Gasteiger charge is -2.09. The summed E-state index contributed by atoms with van der Waals surface area (Å²) < 4.78 is 37.4. The van der Waals surface area contributed by atoms with E-state index >= 15 is 0 Å². The Labute approximate surface area is 134 Å². The second-order valence-corrected chi connectivity index (χ2v) is 4.86. The SMILES string of the molecule is O=C(Nc1ccc(C(F)(F)F)cc1)c1ccc(/C(Cl)=N/O)cc1.